The lowest BCUT2D eigenvalue weighted by atomic mass is 10.2. The van der Waals surface area contributed by atoms with Gasteiger partial charge < -0.3 is 15.4 Å². The molecule has 0 aromatic carbocycles. The van der Waals surface area contributed by atoms with E-state index in [2.05, 4.69) is 39.8 Å². The fourth-order valence-corrected chi connectivity index (χ4v) is 2.96. The van der Waals surface area contributed by atoms with Crippen molar-refractivity contribution < 1.29 is 4.74 Å². The summed E-state index contributed by atoms with van der Waals surface area (Å²) in [6.07, 6.45) is 2.62. The Labute approximate surface area is 148 Å². The molecule has 1 saturated heterocycles. The van der Waals surface area contributed by atoms with Crippen LogP contribution >= 0.6 is 35.3 Å². The molecule has 1 unspecified atom stereocenters. The molecule has 0 saturated carbocycles. The second kappa shape index (κ2) is 9.58. The zero-order valence-corrected chi connectivity index (χ0v) is 16.0. The number of hydrogen-bond donors (Lipinski definition) is 2. The maximum Gasteiger partial charge on any atom is 0.191 e. The highest BCUT2D eigenvalue weighted by Crippen LogP contribution is 2.17. The maximum atomic E-state index is 5.58. The van der Waals surface area contributed by atoms with Gasteiger partial charge >= 0.3 is 0 Å². The first-order chi connectivity index (χ1) is 9.69. The molecule has 1 aromatic rings. The van der Waals surface area contributed by atoms with E-state index in [1.54, 1.807) is 18.4 Å². The van der Waals surface area contributed by atoms with Crippen LogP contribution in [0.5, 0.6) is 0 Å². The van der Waals surface area contributed by atoms with E-state index in [0.29, 0.717) is 18.6 Å². The average molecular weight is 424 g/mol. The zero-order valence-electron chi connectivity index (χ0n) is 12.9. The van der Waals surface area contributed by atoms with E-state index in [9.17, 15) is 0 Å². The van der Waals surface area contributed by atoms with Crippen LogP contribution in [0, 0.1) is 0 Å². The van der Waals surface area contributed by atoms with Crippen LogP contribution in [-0.2, 0) is 11.3 Å². The second-order valence-corrected chi connectivity index (χ2v) is 6.21. The Morgan fingerprint density at radius 1 is 1.52 bits per heavy atom. The van der Waals surface area contributed by atoms with E-state index in [1.807, 2.05) is 0 Å². The summed E-state index contributed by atoms with van der Waals surface area (Å²) < 4.78 is 5.58. The van der Waals surface area contributed by atoms with Gasteiger partial charge in [-0.3, -0.25) is 4.99 Å². The summed E-state index contributed by atoms with van der Waals surface area (Å²) in [4.78, 5) is 8.82. The zero-order chi connectivity index (χ0) is 14.4. The Balaban J connectivity index is 0.00000220. The van der Waals surface area contributed by atoms with E-state index in [4.69, 9.17) is 4.74 Å². The molecule has 0 aliphatic carbocycles. The number of hydrogen-bond acceptors (Lipinski definition) is 4. The average Bonchev–Trinajstić information content (AvgIpc) is 3.10. The van der Waals surface area contributed by atoms with Crippen LogP contribution in [-0.4, -0.2) is 37.2 Å². The number of guanidine groups is 1. The molecule has 120 valence electrons. The van der Waals surface area contributed by atoms with Gasteiger partial charge in [-0.25, -0.2) is 4.98 Å². The molecule has 2 rings (SSSR count). The summed E-state index contributed by atoms with van der Waals surface area (Å²) in [6.45, 7) is 6.73. The van der Waals surface area contributed by atoms with Crippen molar-refractivity contribution in [2.45, 2.75) is 45.3 Å². The number of ether oxygens (including phenoxy) is 1. The van der Waals surface area contributed by atoms with Crippen LogP contribution < -0.4 is 10.6 Å². The van der Waals surface area contributed by atoms with Gasteiger partial charge in [0.05, 0.1) is 18.3 Å². The highest BCUT2D eigenvalue weighted by atomic mass is 127. The third-order valence-electron chi connectivity index (χ3n) is 3.31. The third-order valence-corrected chi connectivity index (χ3v) is 4.18. The molecular formula is C14H25IN4OS. The van der Waals surface area contributed by atoms with Gasteiger partial charge in [0, 0.05) is 25.6 Å². The van der Waals surface area contributed by atoms with Gasteiger partial charge in [-0.15, -0.1) is 35.3 Å². The molecule has 0 bridgehead atoms. The van der Waals surface area contributed by atoms with Crippen LogP contribution in [0.3, 0.4) is 0 Å². The van der Waals surface area contributed by atoms with E-state index < -0.39 is 0 Å². The SMILES string of the molecule is CN=C(NCc1nc(C(C)C)cs1)NCC1CCCO1.I. The molecule has 1 aromatic heterocycles. The van der Waals surface area contributed by atoms with Gasteiger partial charge in [0.25, 0.3) is 0 Å². The van der Waals surface area contributed by atoms with Crippen LogP contribution in [0.25, 0.3) is 0 Å². The number of rotatable bonds is 5. The Hall–Kier alpha value is -0.410. The van der Waals surface area contributed by atoms with Crippen molar-refractivity contribution >= 4 is 41.3 Å². The summed E-state index contributed by atoms with van der Waals surface area (Å²) >= 11 is 1.69. The van der Waals surface area contributed by atoms with Crippen molar-refractivity contribution in [3.8, 4) is 0 Å². The van der Waals surface area contributed by atoms with Gasteiger partial charge in [0.2, 0.25) is 0 Å². The Morgan fingerprint density at radius 2 is 2.33 bits per heavy atom. The normalized spacial score (nSPS) is 18.7. The molecule has 1 atom stereocenters. The van der Waals surface area contributed by atoms with Crippen molar-refractivity contribution in [1.29, 1.82) is 0 Å². The van der Waals surface area contributed by atoms with E-state index in [0.717, 1.165) is 42.7 Å². The fraction of sp³-hybridized carbons (Fsp3) is 0.714. The van der Waals surface area contributed by atoms with Crippen LogP contribution in [0.1, 0.15) is 43.3 Å². The number of thiazole rings is 1. The topological polar surface area (TPSA) is 58.5 Å². The van der Waals surface area contributed by atoms with Crippen molar-refractivity contribution in [2.24, 2.45) is 4.99 Å². The molecule has 0 spiro atoms. The van der Waals surface area contributed by atoms with Crippen molar-refractivity contribution in [2.75, 3.05) is 20.2 Å². The summed E-state index contributed by atoms with van der Waals surface area (Å²) in [5, 5.41) is 9.82. The van der Waals surface area contributed by atoms with Crippen molar-refractivity contribution in [3.63, 3.8) is 0 Å². The highest BCUT2D eigenvalue weighted by molar-refractivity contribution is 14.0. The molecule has 1 aliphatic rings. The number of aliphatic imine (C=N–C) groups is 1. The highest BCUT2D eigenvalue weighted by Gasteiger charge is 2.15. The summed E-state index contributed by atoms with van der Waals surface area (Å²) in [7, 11) is 1.78. The summed E-state index contributed by atoms with van der Waals surface area (Å²) in [6, 6.07) is 0. The van der Waals surface area contributed by atoms with Crippen molar-refractivity contribution in [3.05, 3.63) is 16.1 Å². The maximum absolute atomic E-state index is 5.58. The molecule has 1 fully saturated rings. The van der Waals surface area contributed by atoms with Gasteiger partial charge in [-0.1, -0.05) is 13.8 Å². The Bertz CT molecular complexity index is 444. The smallest absolute Gasteiger partial charge is 0.191 e. The van der Waals surface area contributed by atoms with Gasteiger partial charge in [-0.05, 0) is 18.8 Å². The summed E-state index contributed by atoms with van der Waals surface area (Å²) in [5.74, 6) is 1.29. The van der Waals surface area contributed by atoms with Gasteiger partial charge in [-0.2, -0.15) is 0 Å². The first-order valence-corrected chi connectivity index (χ1v) is 8.07. The molecule has 7 heteroatoms. The minimum Gasteiger partial charge on any atom is -0.376 e. The lowest BCUT2D eigenvalue weighted by molar-refractivity contribution is 0.114. The Morgan fingerprint density at radius 3 is 2.90 bits per heavy atom. The number of nitrogens with zero attached hydrogens (tertiary/aromatic N) is 2. The lowest BCUT2D eigenvalue weighted by Crippen LogP contribution is -2.40. The van der Waals surface area contributed by atoms with E-state index in [-0.39, 0.29) is 24.0 Å². The predicted octanol–water partition coefficient (Wildman–Crippen LogP) is 2.73. The first kappa shape index (κ1) is 18.6. The largest absolute Gasteiger partial charge is 0.376 e. The van der Waals surface area contributed by atoms with Crippen LogP contribution in [0.4, 0.5) is 0 Å². The fourth-order valence-electron chi connectivity index (χ4n) is 2.07. The molecule has 1 aliphatic heterocycles. The summed E-state index contributed by atoms with van der Waals surface area (Å²) in [5.41, 5.74) is 1.16. The minimum atomic E-state index is 0. The van der Waals surface area contributed by atoms with Crippen molar-refractivity contribution in [1.82, 2.24) is 15.6 Å². The first-order valence-electron chi connectivity index (χ1n) is 7.19. The predicted molar refractivity (Wildman–Crippen MR) is 98.8 cm³/mol. The lowest BCUT2D eigenvalue weighted by Gasteiger charge is -2.14. The quantitative estimate of drug-likeness (QED) is 0.434. The molecule has 2 N–H and O–H groups in total. The van der Waals surface area contributed by atoms with Gasteiger partial charge in [0.15, 0.2) is 5.96 Å². The number of aromatic nitrogens is 1. The standard InChI is InChI=1S/C14H24N4OS.HI/c1-10(2)12-9-20-13(18-12)8-17-14(15-3)16-7-11-5-4-6-19-11;/h9-11H,4-8H2,1-3H3,(H2,15,16,17);1H. The molecule has 2 heterocycles. The minimum absolute atomic E-state index is 0. The third kappa shape index (κ3) is 6.07. The molecule has 21 heavy (non-hydrogen) atoms. The monoisotopic (exact) mass is 424 g/mol. The second-order valence-electron chi connectivity index (χ2n) is 5.26. The molecule has 0 radical (unpaired) electrons. The number of halogens is 1. The molecular weight excluding hydrogens is 399 g/mol. The van der Waals surface area contributed by atoms with Gasteiger partial charge in [0.1, 0.15) is 5.01 Å². The number of nitrogens with one attached hydrogen (secondary N) is 2. The molecule has 5 nitrogen and oxygen atoms in total. The van der Waals surface area contributed by atoms with E-state index in [1.165, 1.54) is 0 Å². The van der Waals surface area contributed by atoms with Crippen LogP contribution in [0.2, 0.25) is 0 Å². The van der Waals surface area contributed by atoms with Crippen LogP contribution in [0.15, 0.2) is 10.4 Å². The Kier molecular flexibility index (Phi) is 8.50. The van der Waals surface area contributed by atoms with E-state index >= 15 is 0 Å². The molecule has 0 amide bonds.